The molecule has 5 heteroatoms. The second kappa shape index (κ2) is 3.41. The molecule has 1 heterocycles. The molecule has 4 nitrogen and oxygen atoms in total. The molecule has 0 fully saturated rings. The maximum atomic E-state index is 8.49. The topological polar surface area (TPSA) is 55.2 Å². The fourth-order valence-electron chi connectivity index (χ4n) is 1.08. The van der Waals surface area contributed by atoms with Crippen molar-refractivity contribution in [2.24, 2.45) is 0 Å². The third-order valence-electron chi connectivity index (χ3n) is 1.66. The van der Waals surface area contributed by atoms with Crippen molar-refractivity contribution in [3.63, 3.8) is 0 Å². The van der Waals surface area contributed by atoms with Crippen LogP contribution in [0.2, 0.25) is 0 Å². The van der Waals surface area contributed by atoms with Crippen LogP contribution in [0.5, 0.6) is 6.01 Å². The molecule has 0 spiro atoms. The summed E-state index contributed by atoms with van der Waals surface area (Å²) in [6, 6.07) is 7.77. The molecule has 1 aromatic heterocycles. The van der Waals surface area contributed by atoms with Gasteiger partial charge in [-0.25, -0.2) is 4.98 Å². The first-order chi connectivity index (χ1) is 6.40. The number of benzene rings is 1. The molecule has 0 atom stereocenters. The molecular formula is C8H7BN2O2. The molecule has 0 aliphatic carbocycles. The largest absolute Gasteiger partial charge is 0.510 e. The van der Waals surface area contributed by atoms with Crippen molar-refractivity contribution < 1.29 is 9.68 Å². The molecule has 0 unspecified atom stereocenters. The van der Waals surface area contributed by atoms with Gasteiger partial charge in [0.1, 0.15) is 0 Å². The van der Waals surface area contributed by atoms with E-state index in [-0.39, 0.29) is 6.01 Å². The lowest BCUT2D eigenvalue weighted by Crippen LogP contribution is -2.03. The summed E-state index contributed by atoms with van der Waals surface area (Å²) in [5.41, 5.74) is 0.806. The smallest absolute Gasteiger partial charge is 0.506 e. The van der Waals surface area contributed by atoms with Crippen LogP contribution in [0, 0.1) is 0 Å². The highest BCUT2D eigenvalue weighted by atomic mass is 16.5. The number of aromatic nitrogens is 2. The van der Waals surface area contributed by atoms with Gasteiger partial charge < -0.3 is 9.68 Å². The Kier molecular flexibility index (Phi) is 2.10. The summed E-state index contributed by atoms with van der Waals surface area (Å²) < 4.78 is 4.75. The van der Waals surface area contributed by atoms with Crippen molar-refractivity contribution in [1.29, 1.82) is 0 Å². The fourth-order valence-corrected chi connectivity index (χ4v) is 1.08. The number of hydrogen-bond donors (Lipinski definition) is 1. The van der Waals surface area contributed by atoms with Gasteiger partial charge in [0, 0.05) is 11.6 Å². The molecule has 64 valence electrons. The fraction of sp³-hybridized carbons (Fsp3) is 0. The summed E-state index contributed by atoms with van der Waals surface area (Å²) >= 11 is 0. The quantitative estimate of drug-likeness (QED) is 0.663. The molecule has 0 aliphatic rings. The molecule has 1 N–H and O–H groups in total. The van der Waals surface area contributed by atoms with E-state index in [9.17, 15) is 0 Å². The second-order valence-electron chi connectivity index (χ2n) is 2.48. The van der Waals surface area contributed by atoms with Crippen molar-refractivity contribution in [1.82, 2.24) is 9.97 Å². The normalized spacial score (nSPS) is 9.92. The summed E-state index contributed by atoms with van der Waals surface area (Å²) in [7, 11) is -0.404. The van der Waals surface area contributed by atoms with Crippen LogP contribution in [-0.4, -0.2) is 22.7 Å². The van der Waals surface area contributed by atoms with Gasteiger partial charge in [0.15, 0.2) is 0 Å². The number of nitrogens with zero attached hydrogens (tertiary/aromatic N) is 2. The van der Waals surface area contributed by atoms with Crippen molar-refractivity contribution >= 4 is 18.6 Å². The van der Waals surface area contributed by atoms with E-state index >= 15 is 0 Å². The minimum Gasteiger partial charge on any atom is -0.510 e. The van der Waals surface area contributed by atoms with Crippen LogP contribution in [0.25, 0.3) is 10.9 Å². The zero-order valence-corrected chi connectivity index (χ0v) is 6.84. The second-order valence-corrected chi connectivity index (χ2v) is 2.48. The van der Waals surface area contributed by atoms with Crippen LogP contribution in [0.15, 0.2) is 30.5 Å². The number of para-hydroxylation sites is 1. The predicted molar refractivity (Wildman–Crippen MR) is 49.5 cm³/mol. The lowest BCUT2D eigenvalue weighted by Gasteiger charge is -2.00. The average molecular weight is 174 g/mol. The van der Waals surface area contributed by atoms with Gasteiger partial charge in [-0.15, -0.1) is 0 Å². The van der Waals surface area contributed by atoms with E-state index in [1.807, 2.05) is 24.3 Å². The molecule has 13 heavy (non-hydrogen) atoms. The van der Waals surface area contributed by atoms with Crippen LogP contribution >= 0.6 is 0 Å². The number of rotatable bonds is 2. The van der Waals surface area contributed by atoms with E-state index in [0.717, 1.165) is 10.9 Å². The van der Waals surface area contributed by atoms with Crippen molar-refractivity contribution in [3.8, 4) is 6.01 Å². The summed E-state index contributed by atoms with van der Waals surface area (Å²) in [5.74, 6) is 0. The highest BCUT2D eigenvalue weighted by molar-refractivity contribution is 6.17. The summed E-state index contributed by atoms with van der Waals surface area (Å²) in [5, 5.41) is 9.44. The molecular weight excluding hydrogens is 167 g/mol. The summed E-state index contributed by atoms with van der Waals surface area (Å²) in [4.78, 5) is 7.97. The van der Waals surface area contributed by atoms with E-state index < -0.39 is 7.69 Å². The van der Waals surface area contributed by atoms with Gasteiger partial charge >= 0.3 is 7.69 Å². The predicted octanol–water partition coefficient (Wildman–Crippen LogP) is 0.267. The van der Waals surface area contributed by atoms with Gasteiger partial charge in [-0.3, -0.25) is 0 Å². The first-order valence-electron chi connectivity index (χ1n) is 3.85. The first kappa shape index (κ1) is 8.00. The standard InChI is InChI=1S/C8H7BN2O2/c12-9-13-8-10-5-6-3-1-2-4-7(6)11-8/h1-5,9,12H. The first-order valence-corrected chi connectivity index (χ1v) is 3.85. The third-order valence-corrected chi connectivity index (χ3v) is 1.66. The van der Waals surface area contributed by atoms with Crippen LogP contribution < -0.4 is 4.65 Å². The van der Waals surface area contributed by atoms with Gasteiger partial charge in [0.25, 0.3) is 6.01 Å². The lowest BCUT2D eigenvalue weighted by molar-refractivity contribution is 0.432. The van der Waals surface area contributed by atoms with E-state index in [0.29, 0.717) is 0 Å². The van der Waals surface area contributed by atoms with Crippen molar-refractivity contribution in [2.75, 3.05) is 0 Å². The Labute approximate surface area is 75.5 Å². The highest BCUT2D eigenvalue weighted by Gasteiger charge is 1.98. The van der Waals surface area contributed by atoms with Gasteiger partial charge in [0.2, 0.25) is 0 Å². The van der Waals surface area contributed by atoms with E-state index in [2.05, 4.69) is 9.97 Å². The van der Waals surface area contributed by atoms with E-state index in [4.69, 9.17) is 9.68 Å². The Morgan fingerprint density at radius 2 is 2.15 bits per heavy atom. The Balaban J connectivity index is 2.49. The van der Waals surface area contributed by atoms with Gasteiger partial charge in [0.05, 0.1) is 5.52 Å². The summed E-state index contributed by atoms with van der Waals surface area (Å²) in [6.07, 6.45) is 1.66. The van der Waals surface area contributed by atoms with Gasteiger partial charge in [-0.1, -0.05) is 18.2 Å². The maximum absolute atomic E-state index is 8.49. The van der Waals surface area contributed by atoms with Crippen LogP contribution in [-0.2, 0) is 0 Å². The molecule has 0 amide bonds. The van der Waals surface area contributed by atoms with Gasteiger partial charge in [-0.2, -0.15) is 4.98 Å². The van der Waals surface area contributed by atoms with E-state index in [1.54, 1.807) is 6.20 Å². The molecule has 0 radical (unpaired) electrons. The third kappa shape index (κ3) is 1.60. The van der Waals surface area contributed by atoms with Crippen LogP contribution in [0.4, 0.5) is 0 Å². The molecule has 2 aromatic rings. The Bertz CT molecular complexity index is 422. The average Bonchev–Trinajstić information content (AvgIpc) is 2.18. The molecule has 0 saturated heterocycles. The van der Waals surface area contributed by atoms with Gasteiger partial charge in [-0.05, 0) is 6.07 Å². The zero-order valence-electron chi connectivity index (χ0n) is 6.84. The molecule has 0 aliphatic heterocycles. The number of fused-ring (bicyclic) bond motifs is 1. The Morgan fingerprint density at radius 1 is 1.31 bits per heavy atom. The van der Waals surface area contributed by atoms with Crippen LogP contribution in [0.1, 0.15) is 0 Å². The molecule has 0 bridgehead atoms. The van der Waals surface area contributed by atoms with Crippen LogP contribution in [0.3, 0.4) is 0 Å². The van der Waals surface area contributed by atoms with Crippen molar-refractivity contribution in [3.05, 3.63) is 30.5 Å². The highest BCUT2D eigenvalue weighted by Crippen LogP contribution is 2.12. The Morgan fingerprint density at radius 3 is 3.00 bits per heavy atom. The Hall–Kier alpha value is -1.62. The number of hydrogen-bond acceptors (Lipinski definition) is 4. The van der Waals surface area contributed by atoms with E-state index in [1.165, 1.54) is 0 Å². The minimum atomic E-state index is -0.404. The summed E-state index contributed by atoms with van der Waals surface area (Å²) in [6.45, 7) is 0. The maximum Gasteiger partial charge on any atom is 0.506 e. The zero-order chi connectivity index (χ0) is 9.10. The lowest BCUT2D eigenvalue weighted by atomic mass is 10.2. The molecule has 1 aromatic carbocycles. The SMILES string of the molecule is OBOc1ncc2ccccc2n1. The molecule has 2 rings (SSSR count). The molecule has 0 saturated carbocycles. The monoisotopic (exact) mass is 174 g/mol. The minimum absolute atomic E-state index is 0.196. The van der Waals surface area contributed by atoms with Crippen molar-refractivity contribution in [2.45, 2.75) is 0 Å².